The van der Waals surface area contributed by atoms with Crippen LogP contribution in [0.25, 0.3) is 11.0 Å². The number of nitrogens with zero attached hydrogens (tertiary/aromatic N) is 4. The Hall–Kier alpha value is -2.89. The lowest BCUT2D eigenvalue weighted by molar-refractivity contribution is 0.0754. The molecule has 1 aliphatic rings. The molecule has 0 atom stereocenters. The number of benzene rings is 1. The number of methoxy groups -OCH3 is 1. The van der Waals surface area contributed by atoms with Gasteiger partial charge < -0.3 is 9.64 Å². The number of hydrogen-bond acceptors (Lipinski definition) is 4. The molecule has 0 unspecified atom stereocenters. The lowest BCUT2D eigenvalue weighted by atomic mass is 10.1. The molecule has 1 amide bonds. The number of aryl methyl sites for hydroxylation is 2. The van der Waals surface area contributed by atoms with Crippen molar-refractivity contribution in [3.63, 3.8) is 0 Å². The van der Waals surface area contributed by atoms with Crippen molar-refractivity contribution in [3.8, 4) is 5.75 Å². The van der Waals surface area contributed by atoms with Crippen LogP contribution in [0.4, 0.5) is 0 Å². The number of hydrogen-bond donors (Lipinski definition) is 0. The van der Waals surface area contributed by atoms with E-state index in [1.54, 1.807) is 11.8 Å². The average Bonchev–Trinajstić information content (AvgIpc) is 3.52. The Morgan fingerprint density at radius 1 is 1.29 bits per heavy atom. The molecule has 1 fully saturated rings. The van der Waals surface area contributed by atoms with Crippen molar-refractivity contribution in [2.24, 2.45) is 7.05 Å². The summed E-state index contributed by atoms with van der Waals surface area (Å²) in [4.78, 5) is 20.2. The van der Waals surface area contributed by atoms with E-state index in [0.717, 1.165) is 46.6 Å². The monoisotopic (exact) mass is 378 g/mol. The molecule has 1 aromatic carbocycles. The summed E-state index contributed by atoms with van der Waals surface area (Å²) in [6.07, 6.45) is 2.29. The van der Waals surface area contributed by atoms with Gasteiger partial charge in [-0.2, -0.15) is 5.10 Å². The maximum absolute atomic E-state index is 13.5. The smallest absolute Gasteiger partial charge is 0.255 e. The third-order valence-corrected chi connectivity index (χ3v) is 5.42. The molecule has 1 saturated carbocycles. The zero-order chi connectivity index (χ0) is 19.8. The van der Waals surface area contributed by atoms with Crippen molar-refractivity contribution in [3.05, 3.63) is 52.8 Å². The van der Waals surface area contributed by atoms with Crippen LogP contribution >= 0.6 is 0 Å². The van der Waals surface area contributed by atoms with Crippen LogP contribution in [0.2, 0.25) is 0 Å². The number of ether oxygens (including phenoxy) is 1. The second-order valence-electron chi connectivity index (χ2n) is 7.44. The molecule has 6 nitrogen and oxygen atoms in total. The van der Waals surface area contributed by atoms with Gasteiger partial charge in [0.25, 0.3) is 5.91 Å². The summed E-state index contributed by atoms with van der Waals surface area (Å²) in [7, 11) is 3.54. The van der Waals surface area contributed by atoms with Gasteiger partial charge in [-0.3, -0.25) is 9.48 Å². The fourth-order valence-corrected chi connectivity index (χ4v) is 3.67. The predicted octanol–water partition coefficient (Wildman–Crippen LogP) is 3.83. The van der Waals surface area contributed by atoms with Crippen molar-refractivity contribution >= 4 is 16.9 Å². The summed E-state index contributed by atoms with van der Waals surface area (Å²) in [6.45, 7) is 5.14. The van der Waals surface area contributed by atoms with Gasteiger partial charge in [0.1, 0.15) is 5.75 Å². The SMILES string of the molecule is CCN(Cc1ccc(OC)cc1)C(=O)c1cc(C2CC2)nc2c1c(C)nn2C. The highest BCUT2D eigenvalue weighted by Gasteiger charge is 2.29. The largest absolute Gasteiger partial charge is 0.497 e. The minimum Gasteiger partial charge on any atom is -0.497 e. The minimum atomic E-state index is 0.0312. The Morgan fingerprint density at radius 2 is 2.00 bits per heavy atom. The first-order chi connectivity index (χ1) is 13.5. The lowest BCUT2D eigenvalue weighted by Crippen LogP contribution is -2.30. The van der Waals surface area contributed by atoms with Gasteiger partial charge in [-0.25, -0.2) is 4.98 Å². The Morgan fingerprint density at radius 3 is 2.61 bits per heavy atom. The molecule has 0 N–H and O–H groups in total. The molecule has 6 heteroatoms. The molecule has 0 radical (unpaired) electrons. The Bertz CT molecular complexity index is 1020. The Balaban J connectivity index is 1.71. The first kappa shape index (κ1) is 18.5. The molecular formula is C22H26N4O2. The molecule has 146 valence electrons. The summed E-state index contributed by atoms with van der Waals surface area (Å²) in [6, 6.07) is 9.85. The maximum Gasteiger partial charge on any atom is 0.255 e. The van der Waals surface area contributed by atoms with E-state index in [4.69, 9.17) is 9.72 Å². The van der Waals surface area contributed by atoms with Gasteiger partial charge in [0.05, 0.1) is 23.8 Å². The van der Waals surface area contributed by atoms with Gasteiger partial charge in [-0.1, -0.05) is 12.1 Å². The zero-order valence-electron chi connectivity index (χ0n) is 16.9. The van der Waals surface area contributed by atoms with Crippen molar-refractivity contribution in [2.75, 3.05) is 13.7 Å². The number of carbonyl (C=O) groups excluding carboxylic acids is 1. The van der Waals surface area contributed by atoms with E-state index in [0.29, 0.717) is 24.6 Å². The van der Waals surface area contributed by atoms with E-state index in [2.05, 4.69) is 5.10 Å². The van der Waals surface area contributed by atoms with E-state index in [1.165, 1.54) is 0 Å². The van der Waals surface area contributed by atoms with Crippen molar-refractivity contribution in [1.29, 1.82) is 0 Å². The van der Waals surface area contributed by atoms with Gasteiger partial charge in [0, 0.05) is 31.7 Å². The second kappa shape index (κ2) is 7.26. The molecule has 2 heterocycles. The third kappa shape index (κ3) is 3.35. The highest BCUT2D eigenvalue weighted by Crippen LogP contribution is 2.40. The molecule has 0 spiro atoms. The number of pyridine rings is 1. The summed E-state index contributed by atoms with van der Waals surface area (Å²) in [5.41, 5.74) is 4.45. The third-order valence-electron chi connectivity index (χ3n) is 5.42. The van der Waals surface area contributed by atoms with Gasteiger partial charge >= 0.3 is 0 Å². The van der Waals surface area contributed by atoms with E-state index in [1.807, 2.05) is 56.1 Å². The van der Waals surface area contributed by atoms with Gasteiger partial charge in [0.15, 0.2) is 5.65 Å². The minimum absolute atomic E-state index is 0.0312. The fourth-order valence-electron chi connectivity index (χ4n) is 3.67. The van der Waals surface area contributed by atoms with Crippen LogP contribution in [0.5, 0.6) is 5.75 Å². The molecule has 2 aromatic heterocycles. The number of carbonyl (C=O) groups is 1. The molecular weight excluding hydrogens is 352 g/mol. The number of rotatable bonds is 6. The second-order valence-corrected chi connectivity index (χ2v) is 7.44. The van der Waals surface area contributed by atoms with Crippen LogP contribution in [0.1, 0.15) is 53.0 Å². The van der Waals surface area contributed by atoms with Gasteiger partial charge in [-0.05, 0) is 50.5 Å². The summed E-state index contributed by atoms with van der Waals surface area (Å²) in [5, 5.41) is 5.38. The van der Waals surface area contributed by atoms with Crippen molar-refractivity contribution < 1.29 is 9.53 Å². The Labute approximate surface area is 165 Å². The molecule has 3 aromatic rings. The topological polar surface area (TPSA) is 60.2 Å². The first-order valence-corrected chi connectivity index (χ1v) is 9.78. The maximum atomic E-state index is 13.5. The van der Waals surface area contributed by atoms with Crippen molar-refractivity contribution in [2.45, 2.75) is 39.2 Å². The summed E-state index contributed by atoms with van der Waals surface area (Å²) >= 11 is 0. The van der Waals surface area contributed by atoms with E-state index >= 15 is 0 Å². The normalized spacial score (nSPS) is 13.7. The summed E-state index contributed by atoms with van der Waals surface area (Å²) < 4.78 is 7.01. The highest BCUT2D eigenvalue weighted by atomic mass is 16.5. The molecule has 0 bridgehead atoms. The average molecular weight is 378 g/mol. The highest BCUT2D eigenvalue weighted by molar-refractivity contribution is 6.06. The molecule has 4 rings (SSSR count). The van der Waals surface area contributed by atoms with Crippen LogP contribution < -0.4 is 4.74 Å². The fraction of sp³-hybridized carbons (Fsp3) is 0.409. The molecule has 0 saturated heterocycles. The van der Waals surface area contributed by atoms with Crippen LogP contribution in [0, 0.1) is 6.92 Å². The number of fused-ring (bicyclic) bond motifs is 1. The molecule has 1 aliphatic carbocycles. The van der Waals surface area contributed by atoms with Crippen LogP contribution in [0.15, 0.2) is 30.3 Å². The molecule has 28 heavy (non-hydrogen) atoms. The van der Waals surface area contributed by atoms with Crippen LogP contribution in [0.3, 0.4) is 0 Å². The van der Waals surface area contributed by atoms with Crippen molar-refractivity contribution in [1.82, 2.24) is 19.7 Å². The summed E-state index contributed by atoms with van der Waals surface area (Å²) in [5.74, 6) is 1.32. The number of amides is 1. The van der Waals surface area contributed by atoms with Crippen LogP contribution in [-0.4, -0.2) is 39.2 Å². The van der Waals surface area contributed by atoms with E-state index in [9.17, 15) is 4.79 Å². The zero-order valence-corrected chi connectivity index (χ0v) is 16.9. The number of aromatic nitrogens is 3. The predicted molar refractivity (Wildman–Crippen MR) is 109 cm³/mol. The standard InChI is InChI=1S/C22H26N4O2/c1-5-26(13-15-6-10-17(28-4)11-7-15)22(27)18-12-19(16-8-9-16)23-21-20(18)14(2)24-25(21)3/h6-7,10-12,16H,5,8-9,13H2,1-4H3. The van der Waals surface area contributed by atoms with Crippen LogP contribution in [-0.2, 0) is 13.6 Å². The van der Waals surface area contributed by atoms with Gasteiger partial charge in [-0.15, -0.1) is 0 Å². The lowest BCUT2D eigenvalue weighted by Gasteiger charge is -2.22. The first-order valence-electron chi connectivity index (χ1n) is 9.78. The molecule has 0 aliphatic heterocycles. The quantitative estimate of drug-likeness (QED) is 0.654. The van der Waals surface area contributed by atoms with E-state index < -0.39 is 0 Å². The van der Waals surface area contributed by atoms with Gasteiger partial charge in [0.2, 0.25) is 0 Å². The Kier molecular flexibility index (Phi) is 4.79. The van der Waals surface area contributed by atoms with E-state index in [-0.39, 0.29) is 5.91 Å².